The number of thioether (sulfide) groups is 1. The first kappa shape index (κ1) is 20.3. The van der Waals surface area contributed by atoms with Crippen molar-refractivity contribution in [1.82, 2.24) is 14.8 Å². The van der Waals surface area contributed by atoms with E-state index in [0.717, 1.165) is 16.3 Å². The first-order valence-corrected chi connectivity index (χ1v) is 11.7. The highest BCUT2D eigenvalue weighted by Crippen LogP contribution is 2.29. The summed E-state index contributed by atoms with van der Waals surface area (Å²) in [6.45, 7) is 0.599. The van der Waals surface area contributed by atoms with Gasteiger partial charge in [0.2, 0.25) is 5.91 Å². The number of carbonyl (C=O) groups excluding carboxylic acids is 2. The summed E-state index contributed by atoms with van der Waals surface area (Å²) in [5, 5.41) is 16.2. The number of thiophene rings is 2. The summed E-state index contributed by atoms with van der Waals surface area (Å²) in [5.74, 6) is 0.0957. The minimum Gasteiger partial charge on any atom is -0.366 e. The van der Waals surface area contributed by atoms with Crippen molar-refractivity contribution in [2.24, 2.45) is 5.73 Å². The van der Waals surface area contributed by atoms with E-state index < -0.39 is 5.91 Å². The highest BCUT2D eigenvalue weighted by Gasteiger charge is 2.18. The van der Waals surface area contributed by atoms with Gasteiger partial charge in [0.1, 0.15) is 5.00 Å². The number of primary amides is 1. The van der Waals surface area contributed by atoms with Gasteiger partial charge in [-0.25, -0.2) is 0 Å². The van der Waals surface area contributed by atoms with Crippen LogP contribution in [0.2, 0.25) is 0 Å². The lowest BCUT2D eigenvalue weighted by atomic mass is 10.2. The number of hydrogen-bond acceptors (Lipinski definition) is 7. The van der Waals surface area contributed by atoms with Crippen molar-refractivity contribution < 1.29 is 9.59 Å². The third kappa shape index (κ3) is 4.61. The largest absolute Gasteiger partial charge is 0.366 e. The molecule has 0 spiro atoms. The number of anilines is 1. The zero-order valence-electron chi connectivity index (χ0n) is 15.6. The molecule has 7 nitrogen and oxygen atoms in total. The summed E-state index contributed by atoms with van der Waals surface area (Å²) in [7, 11) is 0. The predicted molar refractivity (Wildman–Crippen MR) is 121 cm³/mol. The highest BCUT2D eigenvalue weighted by atomic mass is 32.2. The van der Waals surface area contributed by atoms with Crippen LogP contribution >= 0.6 is 34.4 Å². The molecule has 0 bridgehead atoms. The standard InChI is InChI=1S/C20H17N5O2S3/c21-17(27)14-8-10-29-19(14)22-16(26)12-30-20-24-23-18(15-7-4-9-28-15)25(20)11-13-5-2-1-3-6-13/h1-10H,11-12H2,(H2,21,27)(H,22,26). The van der Waals surface area contributed by atoms with Crippen molar-refractivity contribution >= 4 is 51.3 Å². The number of hydrogen-bond donors (Lipinski definition) is 2. The average molecular weight is 456 g/mol. The lowest BCUT2D eigenvalue weighted by Crippen LogP contribution is -2.18. The Bertz CT molecular complexity index is 1150. The number of benzene rings is 1. The Kier molecular flexibility index (Phi) is 6.26. The zero-order valence-corrected chi connectivity index (χ0v) is 18.1. The molecule has 0 aliphatic rings. The SMILES string of the molecule is NC(=O)c1ccsc1NC(=O)CSc1nnc(-c2cccs2)n1Cc1ccccc1. The van der Waals surface area contributed by atoms with E-state index in [4.69, 9.17) is 5.73 Å². The fourth-order valence-corrected chi connectivity index (χ4v) is 5.05. The van der Waals surface area contributed by atoms with Crippen LogP contribution in [0.5, 0.6) is 0 Å². The Labute approximate surface area is 185 Å². The van der Waals surface area contributed by atoms with Crippen molar-refractivity contribution in [2.45, 2.75) is 11.7 Å². The topological polar surface area (TPSA) is 103 Å². The van der Waals surface area contributed by atoms with Gasteiger partial charge in [-0.3, -0.25) is 14.2 Å². The van der Waals surface area contributed by atoms with Crippen LogP contribution in [0, 0.1) is 0 Å². The molecule has 0 fully saturated rings. The summed E-state index contributed by atoms with van der Waals surface area (Å²) in [4.78, 5) is 24.9. The molecule has 1 aromatic carbocycles. The van der Waals surface area contributed by atoms with Gasteiger partial charge in [0, 0.05) is 0 Å². The fourth-order valence-electron chi connectivity index (χ4n) is 2.78. The molecule has 0 aliphatic heterocycles. The molecule has 0 unspecified atom stereocenters. The lowest BCUT2D eigenvalue weighted by Gasteiger charge is -2.10. The van der Waals surface area contributed by atoms with Gasteiger partial charge in [-0.1, -0.05) is 48.2 Å². The lowest BCUT2D eigenvalue weighted by molar-refractivity contribution is -0.113. The van der Waals surface area contributed by atoms with Gasteiger partial charge in [0.25, 0.3) is 5.91 Å². The van der Waals surface area contributed by atoms with Gasteiger partial charge < -0.3 is 11.1 Å². The number of nitrogens with zero attached hydrogens (tertiary/aromatic N) is 3. The minimum absolute atomic E-state index is 0.132. The molecule has 4 rings (SSSR count). The molecule has 3 aromatic heterocycles. The number of aromatic nitrogens is 3. The number of nitrogens with two attached hydrogens (primary N) is 1. The predicted octanol–water partition coefficient (Wildman–Crippen LogP) is 3.95. The molecule has 0 atom stereocenters. The molecular weight excluding hydrogens is 438 g/mol. The Hall–Kier alpha value is -2.95. The molecule has 30 heavy (non-hydrogen) atoms. The molecule has 152 valence electrons. The number of rotatable bonds is 8. The Morgan fingerprint density at radius 2 is 1.87 bits per heavy atom. The van der Waals surface area contributed by atoms with Crippen LogP contribution in [-0.4, -0.2) is 32.3 Å². The second-order valence-corrected chi connectivity index (χ2v) is 9.03. The minimum atomic E-state index is -0.567. The smallest absolute Gasteiger partial charge is 0.251 e. The second-order valence-electron chi connectivity index (χ2n) is 6.22. The molecule has 3 heterocycles. The summed E-state index contributed by atoms with van der Waals surface area (Å²) in [5.41, 5.74) is 6.76. The van der Waals surface area contributed by atoms with E-state index in [1.807, 2.05) is 52.4 Å². The van der Waals surface area contributed by atoms with Gasteiger partial charge in [-0.05, 0) is 28.5 Å². The molecule has 0 aliphatic carbocycles. The Balaban J connectivity index is 1.51. The molecule has 10 heteroatoms. The fraction of sp³-hybridized carbons (Fsp3) is 0.100. The molecule has 2 amide bonds. The van der Waals surface area contributed by atoms with Gasteiger partial charge in [0.15, 0.2) is 11.0 Å². The Morgan fingerprint density at radius 1 is 1.03 bits per heavy atom. The summed E-state index contributed by atoms with van der Waals surface area (Å²) < 4.78 is 2.01. The van der Waals surface area contributed by atoms with Crippen LogP contribution in [0.25, 0.3) is 10.7 Å². The van der Waals surface area contributed by atoms with Crippen molar-refractivity contribution in [3.63, 3.8) is 0 Å². The van der Waals surface area contributed by atoms with Gasteiger partial charge in [-0.15, -0.1) is 32.9 Å². The molecule has 0 saturated heterocycles. The van der Waals surface area contributed by atoms with Crippen LogP contribution in [0.3, 0.4) is 0 Å². The maximum atomic E-state index is 12.4. The maximum Gasteiger partial charge on any atom is 0.251 e. The first-order chi connectivity index (χ1) is 14.6. The van der Waals surface area contributed by atoms with E-state index in [0.29, 0.717) is 22.3 Å². The third-order valence-corrected chi connectivity index (χ3v) is 6.82. The van der Waals surface area contributed by atoms with Gasteiger partial charge >= 0.3 is 0 Å². The van der Waals surface area contributed by atoms with Crippen LogP contribution in [-0.2, 0) is 11.3 Å². The van der Waals surface area contributed by atoms with E-state index in [9.17, 15) is 9.59 Å². The first-order valence-electron chi connectivity index (χ1n) is 8.93. The van der Waals surface area contributed by atoms with E-state index >= 15 is 0 Å². The average Bonchev–Trinajstić information content (AvgIpc) is 3.48. The quantitative estimate of drug-likeness (QED) is 0.392. The molecule has 0 saturated carbocycles. The molecule has 4 aromatic rings. The van der Waals surface area contributed by atoms with Crippen molar-refractivity contribution in [1.29, 1.82) is 0 Å². The van der Waals surface area contributed by atoms with Crippen LogP contribution in [0.15, 0.2) is 64.4 Å². The van der Waals surface area contributed by atoms with Crippen LogP contribution < -0.4 is 11.1 Å². The summed E-state index contributed by atoms with van der Waals surface area (Å²) in [6.07, 6.45) is 0. The molecular formula is C20H17N5O2S3. The summed E-state index contributed by atoms with van der Waals surface area (Å²) in [6, 6.07) is 15.6. The van der Waals surface area contributed by atoms with Crippen molar-refractivity contribution in [3.05, 3.63) is 70.4 Å². The van der Waals surface area contributed by atoms with Crippen molar-refractivity contribution in [2.75, 3.05) is 11.1 Å². The Morgan fingerprint density at radius 3 is 2.60 bits per heavy atom. The summed E-state index contributed by atoms with van der Waals surface area (Å²) >= 11 is 4.15. The number of carbonyl (C=O) groups is 2. The van der Waals surface area contributed by atoms with E-state index in [1.165, 1.54) is 23.1 Å². The van der Waals surface area contributed by atoms with Crippen molar-refractivity contribution in [3.8, 4) is 10.7 Å². The third-order valence-electron chi connectivity index (χ3n) is 4.16. The van der Waals surface area contributed by atoms with Crippen LogP contribution in [0.1, 0.15) is 15.9 Å². The number of amides is 2. The van der Waals surface area contributed by atoms with E-state index in [2.05, 4.69) is 15.5 Å². The van der Waals surface area contributed by atoms with E-state index in [1.54, 1.807) is 22.8 Å². The van der Waals surface area contributed by atoms with Gasteiger partial charge in [-0.2, -0.15) is 0 Å². The highest BCUT2D eigenvalue weighted by molar-refractivity contribution is 7.99. The number of nitrogens with one attached hydrogen (secondary N) is 1. The zero-order chi connectivity index (χ0) is 20.9. The van der Waals surface area contributed by atoms with Crippen LogP contribution in [0.4, 0.5) is 5.00 Å². The normalized spacial score (nSPS) is 10.8. The maximum absolute atomic E-state index is 12.4. The monoisotopic (exact) mass is 455 g/mol. The van der Waals surface area contributed by atoms with Gasteiger partial charge in [0.05, 0.1) is 22.7 Å². The molecule has 0 radical (unpaired) electrons. The molecule has 3 N–H and O–H groups in total. The second kappa shape index (κ2) is 9.24. The van der Waals surface area contributed by atoms with E-state index in [-0.39, 0.29) is 11.7 Å².